The van der Waals surface area contributed by atoms with Crippen LogP contribution in [-0.2, 0) is 10.4 Å². The number of amides is 2. The van der Waals surface area contributed by atoms with Gasteiger partial charge in [0.25, 0.3) is 5.91 Å². The molecule has 0 saturated carbocycles. The second-order valence-electron chi connectivity index (χ2n) is 6.94. The maximum atomic E-state index is 12.2. The Labute approximate surface area is 161 Å². The SMILES string of the molecule is CN1CC[C@@](O)(c2cc(-c3cccc(-c4cccc(C(N)=O)c4)c3)no2)C1=O. The molecule has 0 spiro atoms. The van der Waals surface area contributed by atoms with Crippen LogP contribution in [0.25, 0.3) is 22.4 Å². The number of hydrogen-bond acceptors (Lipinski definition) is 5. The van der Waals surface area contributed by atoms with E-state index in [9.17, 15) is 14.7 Å². The lowest BCUT2D eigenvalue weighted by Crippen LogP contribution is -2.35. The molecule has 2 heterocycles. The van der Waals surface area contributed by atoms with Gasteiger partial charge in [-0.15, -0.1) is 0 Å². The molecule has 1 aliphatic rings. The minimum atomic E-state index is -1.67. The number of rotatable bonds is 4. The van der Waals surface area contributed by atoms with Crippen molar-refractivity contribution in [2.75, 3.05) is 13.6 Å². The lowest BCUT2D eigenvalue weighted by atomic mass is 9.97. The summed E-state index contributed by atoms with van der Waals surface area (Å²) in [7, 11) is 1.64. The molecule has 7 heteroatoms. The van der Waals surface area contributed by atoms with Crippen molar-refractivity contribution in [3.63, 3.8) is 0 Å². The maximum absolute atomic E-state index is 12.2. The van der Waals surface area contributed by atoms with Gasteiger partial charge in [-0.1, -0.05) is 35.5 Å². The first kappa shape index (κ1) is 17.9. The molecule has 2 aromatic carbocycles. The zero-order valence-electron chi connectivity index (χ0n) is 15.3. The summed E-state index contributed by atoms with van der Waals surface area (Å²) in [6.07, 6.45) is 0.261. The van der Waals surface area contributed by atoms with E-state index in [-0.39, 0.29) is 12.2 Å². The largest absolute Gasteiger partial charge is 0.373 e. The fourth-order valence-electron chi connectivity index (χ4n) is 3.40. The third kappa shape index (κ3) is 2.95. The normalized spacial score (nSPS) is 19.2. The third-order valence-corrected chi connectivity index (χ3v) is 5.07. The number of nitrogens with two attached hydrogens (primary N) is 1. The van der Waals surface area contributed by atoms with Crippen LogP contribution in [-0.4, -0.2) is 40.6 Å². The van der Waals surface area contributed by atoms with Gasteiger partial charge in [-0.05, 0) is 29.3 Å². The second-order valence-corrected chi connectivity index (χ2v) is 6.94. The van der Waals surface area contributed by atoms with Crippen molar-refractivity contribution in [3.05, 3.63) is 65.9 Å². The summed E-state index contributed by atoms with van der Waals surface area (Å²) in [5.74, 6) is -0.746. The summed E-state index contributed by atoms with van der Waals surface area (Å²) < 4.78 is 5.31. The van der Waals surface area contributed by atoms with Crippen LogP contribution in [0.1, 0.15) is 22.5 Å². The molecule has 4 rings (SSSR count). The maximum Gasteiger partial charge on any atom is 0.262 e. The number of hydrogen-bond donors (Lipinski definition) is 2. The molecule has 3 N–H and O–H groups in total. The highest BCUT2D eigenvalue weighted by molar-refractivity contribution is 5.94. The van der Waals surface area contributed by atoms with Gasteiger partial charge in [0.1, 0.15) is 5.69 Å². The highest BCUT2D eigenvalue weighted by atomic mass is 16.5. The van der Waals surface area contributed by atoms with Crippen molar-refractivity contribution >= 4 is 11.8 Å². The summed E-state index contributed by atoms with van der Waals surface area (Å²) in [6.45, 7) is 0.455. The Morgan fingerprint density at radius 2 is 1.82 bits per heavy atom. The van der Waals surface area contributed by atoms with Gasteiger partial charge in [-0.25, -0.2) is 0 Å². The highest BCUT2D eigenvalue weighted by Crippen LogP contribution is 2.35. The topological polar surface area (TPSA) is 110 Å². The number of nitrogens with zero attached hydrogens (tertiary/aromatic N) is 2. The van der Waals surface area contributed by atoms with Crippen molar-refractivity contribution in [1.29, 1.82) is 0 Å². The molecule has 1 aromatic heterocycles. The molecule has 7 nitrogen and oxygen atoms in total. The Morgan fingerprint density at radius 3 is 2.50 bits per heavy atom. The van der Waals surface area contributed by atoms with Crippen LogP contribution in [0.5, 0.6) is 0 Å². The number of carbonyl (C=O) groups is 2. The Morgan fingerprint density at radius 1 is 1.14 bits per heavy atom. The quantitative estimate of drug-likeness (QED) is 0.724. The van der Waals surface area contributed by atoms with Gasteiger partial charge in [-0.3, -0.25) is 9.59 Å². The van der Waals surface area contributed by atoms with Crippen LogP contribution >= 0.6 is 0 Å². The van der Waals surface area contributed by atoms with Crippen LogP contribution in [0.4, 0.5) is 0 Å². The summed E-state index contributed by atoms with van der Waals surface area (Å²) >= 11 is 0. The first-order valence-corrected chi connectivity index (χ1v) is 8.84. The molecule has 2 amide bonds. The van der Waals surface area contributed by atoms with E-state index in [0.29, 0.717) is 17.8 Å². The van der Waals surface area contributed by atoms with E-state index in [2.05, 4.69) is 5.16 Å². The smallest absolute Gasteiger partial charge is 0.262 e. The van der Waals surface area contributed by atoms with Crippen LogP contribution in [0.15, 0.2) is 59.1 Å². The summed E-state index contributed by atoms with van der Waals surface area (Å²) in [5.41, 5.74) is 7.11. The van der Waals surface area contributed by atoms with Gasteiger partial charge < -0.3 is 20.3 Å². The molecule has 28 heavy (non-hydrogen) atoms. The Balaban J connectivity index is 1.68. The predicted octanol–water partition coefficient (Wildman–Crippen LogP) is 2.16. The molecule has 0 bridgehead atoms. The Hall–Kier alpha value is -3.45. The molecule has 0 aliphatic carbocycles. The van der Waals surface area contributed by atoms with E-state index in [0.717, 1.165) is 16.7 Å². The average molecular weight is 377 g/mol. The molecule has 0 unspecified atom stereocenters. The molecule has 1 atom stereocenters. The molecule has 1 fully saturated rings. The van der Waals surface area contributed by atoms with Gasteiger partial charge in [0.2, 0.25) is 11.5 Å². The van der Waals surface area contributed by atoms with Crippen molar-refractivity contribution < 1.29 is 19.2 Å². The van der Waals surface area contributed by atoms with E-state index >= 15 is 0 Å². The average Bonchev–Trinajstić information content (AvgIpc) is 3.31. The molecule has 1 aliphatic heterocycles. The molecular weight excluding hydrogens is 358 g/mol. The summed E-state index contributed by atoms with van der Waals surface area (Å²) in [4.78, 5) is 25.1. The fraction of sp³-hybridized carbons (Fsp3) is 0.190. The van der Waals surface area contributed by atoms with Gasteiger partial charge in [0.15, 0.2) is 5.76 Å². The first-order chi connectivity index (χ1) is 13.4. The molecular formula is C21H19N3O4. The van der Waals surface area contributed by atoms with E-state index in [1.807, 2.05) is 30.3 Å². The van der Waals surface area contributed by atoms with Gasteiger partial charge in [0.05, 0.1) is 0 Å². The number of carbonyl (C=O) groups excluding carboxylic acids is 2. The van der Waals surface area contributed by atoms with Gasteiger partial charge in [0, 0.05) is 37.2 Å². The summed E-state index contributed by atoms with van der Waals surface area (Å²) in [6, 6.07) is 16.2. The zero-order valence-corrected chi connectivity index (χ0v) is 15.3. The number of aliphatic hydroxyl groups is 1. The lowest BCUT2D eigenvalue weighted by molar-refractivity contribution is -0.144. The zero-order chi connectivity index (χ0) is 19.9. The number of aromatic nitrogens is 1. The number of benzene rings is 2. The van der Waals surface area contributed by atoms with Crippen molar-refractivity contribution in [2.45, 2.75) is 12.0 Å². The standard InChI is InChI=1S/C21H19N3O4/c1-24-9-8-21(27,20(24)26)18-12-17(23-28-18)15-6-2-4-13(10-15)14-5-3-7-16(11-14)19(22)25/h2-7,10-12,27H,8-9H2,1H3,(H2,22,25)/t21-/m1/s1. The number of primary amides is 1. The minimum Gasteiger partial charge on any atom is -0.373 e. The molecule has 1 saturated heterocycles. The van der Waals surface area contributed by atoms with E-state index in [1.54, 1.807) is 31.3 Å². The van der Waals surface area contributed by atoms with E-state index in [1.165, 1.54) is 4.90 Å². The Kier molecular flexibility index (Phi) is 4.24. The van der Waals surface area contributed by atoms with Crippen LogP contribution in [0, 0.1) is 0 Å². The Bertz CT molecular complexity index is 1070. The van der Waals surface area contributed by atoms with Gasteiger partial charge in [-0.2, -0.15) is 0 Å². The lowest BCUT2D eigenvalue weighted by Gasteiger charge is -2.16. The first-order valence-electron chi connectivity index (χ1n) is 8.84. The second kappa shape index (κ2) is 6.61. The van der Waals surface area contributed by atoms with E-state index < -0.39 is 17.4 Å². The predicted molar refractivity (Wildman–Crippen MR) is 102 cm³/mol. The van der Waals surface area contributed by atoms with E-state index in [4.69, 9.17) is 10.3 Å². The molecule has 142 valence electrons. The van der Waals surface area contributed by atoms with Crippen LogP contribution in [0.2, 0.25) is 0 Å². The summed E-state index contributed by atoms with van der Waals surface area (Å²) in [5, 5.41) is 14.7. The third-order valence-electron chi connectivity index (χ3n) is 5.07. The van der Waals surface area contributed by atoms with Crippen molar-refractivity contribution in [2.24, 2.45) is 5.73 Å². The van der Waals surface area contributed by atoms with Gasteiger partial charge >= 0.3 is 0 Å². The highest BCUT2D eigenvalue weighted by Gasteiger charge is 2.48. The number of likely N-dealkylation sites (N-methyl/N-ethyl adjacent to an activating group) is 1. The molecule has 0 radical (unpaired) electrons. The molecule has 3 aromatic rings. The van der Waals surface area contributed by atoms with Crippen molar-refractivity contribution in [3.8, 4) is 22.4 Å². The van der Waals surface area contributed by atoms with Crippen molar-refractivity contribution in [1.82, 2.24) is 10.1 Å². The number of likely N-dealkylation sites (tertiary alicyclic amines) is 1. The fourth-order valence-corrected chi connectivity index (χ4v) is 3.40. The van der Waals surface area contributed by atoms with Crippen LogP contribution < -0.4 is 5.73 Å². The monoisotopic (exact) mass is 377 g/mol. The minimum absolute atomic E-state index is 0.137. The van der Waals surface area contributed by atoms with Crippen LogP contribution in [0.3, 0.4) is 0 Å².